The lowest BCUT2D eigenvalue weighted by Crippen LogP contribution is -2.26. The van der Waals surface area contributed by atoms with Crippen molar-refractivity contribution in [3.05, 3.63) is 52.1 Å². The van der Waals surface area contributed by atoms with Gasteiger partial charge in [0.2, 0.25) is 0 Å². The Hall–Kier alpha value is -2.63. The Morgan fingerprint density at radius 1 is 1.33 bits per heavy atom. The molecule has 1 heterocycles. The standard InChI is InChI=1S/C15H17N3O3/c1-10(19)13-14(16-9-17-15(13)20)18(2)8-11-4-6-12(21-3)7-5-11/h4-7,9H,8H2,1-3H3,(H,16,17,20). The van der Waals surface area contributed by atoms with Crippen molar-refractivity contribution in [2.45, 2.75) is 13.5 Å². The summed E-state index contributed by atoms with van der Waals surface area (Å²) in [5.74, 6) is 0.850. The topological polar surface area (TPSA) is 75.3 Å². The van der Waals surface area contributed by atoms with Gasteiger partial charge in [-0.05, 0) is 24.6 Å². The van der Waals surface area contributed by atoms with E-state index in [1.54, 1.807) is 19.1 Å². The van der Waals surface area contributed by atoms with Gasteiger partial charge in [0.15, 0.2) is 5.78 Å². The fraction of sp³-hybridized carbons (Fsp3) is 0.267. The van der Waals surface area contributed by atoms with Crippen LogP contribution in [0.4, 0.5) is 5.82 Å². The van der Waals surface area contributed by atoms with E-state index in [2.05, 4.69) is 9.97 Å². The molecule has 2 aromatic rings. The molecule has 0 spiro atoms. The molecule has 0 atom stereocenters. The summed E-state index contributed by atoms with van der Waals surface area (Å²) in [6.07, 6.45) is 1.30. The van der Waals surface area contributed by atoms with Crippen molar-refractivity contribution < 1.29 is 9.53 Å². The molecule has 1 N–H and O–H groups in total. The smallest absolute Gasteiger partial charge is 0.263 e. The summed E-state index contributed by atoms with van der Waals surface area (Å²) < 4.78 is 5.11. The number of H-pyrrole nitrogens is 1. The van der Waals surface area contributed by atoms with Crippen molar-refractivity contribution in [3.63, 3.8) is 0 Å². The van der Waals surface area contributed by atoms with E-state index in [4.69, 9.17) is 4.74 Å². The fourth-order valence-electron chi connectivity index (χ4n) is 2.08. The molecule has 6 heteroatoms. The highest BCUT2D eigenvalue weighted by Gasteiger charge is 2.16. The van der Waals surface area contributed by atoms with Crippen LogP contribution in [-0.2, 0) is 6.54 Å². The van der Waals surface area contributed by atoms with E-state index in [0.29, 0.717) is 12.4 Å². The number of rotatable bonds is 5. The molecule has 2 rings (SSSR count). The first-order valence-corrected chi connectivity index (χ1v) is 6.45. The fourth-order valence-corrected chi connectivity index (χ4v) is 2.08. The van der Waals surface area contributed by atoms with Crippen molar-refractivity contribution in [3.8, 4) is 5.75 Å². The van der Waals surface area contributed by atoms with Gasteiger partial charge in [-0.3, -0.25) is 9.59 Å². The summed E-state index contributed by atoms with van der Waals surface area (Å²) in [4.78, 5) is 31.7. The van der Waals surface area contributed by atoms with Gasteiger partial charge in [0.1, 0.15) is 17.1 Å². The van der Waals surface area contributed by atoms with E-state index < -0.39 is 5.56 Å². The number of ether oxygens (including phenoxy) is 1. The number of ketones is 1. The minimum absolute atomic E-state index is 0.0773. The molecular weight excluding hydrogens is 270 g/mol. The summed E-state index contributed by atoms with van der Waals surface area (Å²) in [6.45, 7) is 1.89. The predicted molar refractivity (Wildman–Crippen MR) is 80.0 cm³/mol. The number of nitrogens with one attached hydrogen (secondary N) is 1. The number of nitrogens with zero attached hydrogens (tertiary/aromatic N) is 2. The molecule has 0 fully saturated rings. The second kappa shape index (κ2) is 6.21. The first-order chi connectivity index (χ1) is 10.0. The van der Waals surface area contributed by atoms with Crippen molar-refractivity contribution in [1.82, 2.24) is 9.97 Å². The third kappa shape index (κ3) is 3.28. The van der Waals surface area contributed by atoms with E-state index in [-0.39, 0.29) is 11.3 Å². The highest BCUT2D eigenvalue weighted by atomic mass is 16.5. The maximum absolute atomic E-state index is 11.8. The Morgan fingerprint density at radius 2 is 2.00 bits per heavy atom. The number of aromatic amines is 1. The first-order valence-electron chi connectivity index (χ1n) is 6.45. The highest BCUT2D eigenvalue weighted by Crippen LogP contribution is 2.17. The van der Waals surface area contributed by atoms with Gasteiger partial charge in [0.05, 0.1) is 13.4 Å². The molecule has 0 aliphatic heterocycles. The monoisotopic (exact) mass is 287 g/mol. The van der Waals surface area contributed by atoms with Crippen LogP contribution < -0.4 is 15.2 Å². The van der Waals surface area contributed by atoms with Gasteiger partial charge < -0.3 is 14.6 Å². The van der Waals surface area contributed by atoms with Crippen LogP contribution in [0.3, 0.4) is 0 Å². The molecule has 0 bridgehead atoms. The average molecular weight is 287 g/mol. The van der Waals surface area contributed by atoms with Crippen molar-refractivity contribution >= 4 is 11.6 Å². The minimum atomic E-state index is -0.422. The first kappa shape index (κ1) is 14.8. The average Bonchev–Trinajstić information content (AvgIpc) is 2.47. The molecule has 0 aliphatic rings. The van der Waals surface area contributed by atoms with E-state index in [1.165, 1.54) is 13.3 Å². The van der Waals surface area contributed by atoms with Crippen LogP contribution in [0.2, 0.25) is 0 Å². The molecule has 0 amide bonds. The van der Waals surface area contributed by atoms with E-state index >= 15 is 0 Å². The summed E-state index contributed by atoms with van der Waals surface area (Å²) >= 11 is 0. The van der Waals surface area contributed by atoms with Gasteiger partial charge >= 0.3 is 0 Å². The zero-order valence-corrected chi connectivity index (χ0v) is 12.2. The number of aromatic nitrogens is 2. The second-order valence-electron chi connectivity index (χ2n) is 4.69. The van der Waals surface area contributed by atoms with Crippen molar-refractivity contribution in [2.75, 3.05) is 19.1 Å². The Balaban J connectivity index is 2.27. The van der Waals surface area contributed by atoms with E-state index in [9.17, 15) is 9.59 Å². The lowest BCUT2D eigenvalue weighted by atomic mass is 10.1. The summed E-state index contributed by atoms with van der Waals surface area (Å²) in [5, 5.41) is 0. The largest absolute Gasteiger partial charge is 0.497 e. The Labute approximate surface area is 122 Å². The maximum atomic E-state index is 11.8. The van der Waals surface area contributed by atoms with Crippen LogP contribution in [0, 0.1) is 0 Å². The summed E-state index contributed by atoms with van der Waals surface area (Å²) in [5.41, 5.74) is 0.678. The van der Waals surface area contributed by atoms with Gasteiger partial charge in [-0.2, -0.15) is 0 Å². The van der Waals surface area contributed by atoms with Crippen LogP contribution in [0.5, 0.6) is 5.75 Å². The molecule has 0 aliphatic carbocycles. The minimum Gasteiger partial charge on any atom is -0.497 e. The van der Waals surface area contributed by atoms with Gasteiger partial charge in [0.25, 0.3) is 5.56 Å². The number of hydrogen-bond acceptors (Lipinski definition) is 5. The molecular formula is C15H17N3O3. The number of carbonyl (C=O) groups excluding carboxylic acids is 1. The number of hydrogen-bond donors (Lipinski definition) is 1. The SMILES string of the molecule is COc1ccc(CN(C)c2nc[nH]c(=O)c2C(C)=O)cc1. The number of carbonyl (C=O) groups is 1. The van der Waals surface area contributed by atoms with Crippen LogP contribution in [-0.4, -0.2) is 29.9 Å². The van der Waals surface area contributed by atoms with Crippen LogP contribution >= 0.6 is 0 Å². The van der Waals surface area contributed by atoms with Gasteiger partial charge in [0, 0.05) is 13.6 Å². The summed E-state index contributed by atoms with van der Waals surface area (Å²) in [6, 6.07) is 7.58. The lowest BCUT2D eigenvalue weighted by molar-refractivity contribution is 0.101. The predicted octanol–water partition coefficient (Wildman–Crippen LogP) is 1.62. The van der Waals surface area contributed by atoms with E-state index in [1.807, 2.05) is 24.3 Å². The van der Waals surface area contributed by atoms with Crippen LogP contribution in [0.15, 0.2) is 35.4 Å². The number of anilines is 1. The molecule has 0 saturated heterocycles. The van der Waals surface area contributed by atoms with Crippen LogP contribution in [0.1, 0.15) is 22.8 Å². The molecule has 0 radical (unpaired) electrons. The van der Waals surface area contributed by atoms with E-state index in [0.717, 1.165) is 11.3 Å². The quantitative estimate of drug-likeness (QED) is 0.846. The van der Waals surface area contributed by atoms with Gasteiger partial charge in [-0.15, -0.1) is 0 Å². The zero-order valence-electron chi connectivity index (χ0n) is 12.2. The number of methoxy groups -OCH3 is 1. The van der Waals surface area contributed by atoms with Crippen LogP contribution in [0.25, 0.3) is 0 Å². The molecule has 0 unspecified atom stereocenters. The Bertz CT molecular complexity index is 692. The molecule has 1 aromatic heterocycles. The Kier molecular flexibility index (Phi) is 4.37. The Morgan fingerprint density at radius 3 is 2.57 bits per heavy atom. The molecule has 1 aromatic carbocycles. The number of Topliss-reactive ketones (excluding diaryl/α,β-unsaturated/α-hetero) is 1. The number of benzene rings is 1. The van der Waals surface area contributed by atoms with Crippen molar-refractivity contribution in [1.29, 1.82) is 0 Å². The molecule has 6 nitrogen and oxygen atoms in total. The third-order valence-corrected chi connectivity index (χ3v) is 3.13. The second-order valence-corrected chi connectivity index (χ2v) is 4.69. The third-order valence-electron chi connectivity index (χ3n) is 3.13. The maximum Gasteiger partial charge on any atom is 0.263 e. The van der Waals surface area contributed by atoms with Gasteiger partial charge in [-0.25, -0.2) is 4.98 Å². The highest BCUT2D eigenvalue weighted by molar-refractivity contribution is 5.98. The summed E-state index contributed by atoms with van der Waals surface area (Å²) in [7, 11) is 3.40. The molecule has 110 valence electrons. The van der Waals surface area contributed by atoms with Gasteiger partial charge in [-0.1, -0.05) is 12.1 Å². The molecule has 21 heavy (non-hydrogen) atoms. The molecule has 0 saturated carbocycles. The zero-order chi connectivity index (χ0) is 15.4. The normalized spacial score (nSPS) is 10.2. The van der Waals surface area contributed by atoms with Crippen molar-refractivity contribution in [2.24, 2.45) is 0 Å². The lowest BCUT2D eigenvalue weighted by Gasteiger charge is -2.19.